The average molecular weight is 469 g/mol. The van der Waals surface area contributed by atoms with Gasteiger partial charge in [-0.2, -0.15) is 0 Å². The predicted octanol–water partition coefficient (Wildman–Crippen LogP) is 5.57. The Bertz CT molecular complexity index is 1380. The van der Waals surface area contributed by atoms with Gasteiger partial charge in [-0.05, 0) is 51.2 Å². The zero-order chi connectivity index (χ0) is 22.2. The molecule has 1 aromatic carbocycles. The van der Waals surface area contributed by atoms with Crippen LogP contribution in [0.5, 0.6) is 0 Å². The first kappa shape index (κ1) is 21.3. The highest BCUT2D eigenvalue weighted by atomic mass is 32.2. The van der Waals surface area contributed by atoms with Crippen LogP contribution in [0.15, 0.2) is 38.6 Å². The lowest BCUT2D eigenvalue weighted by Crippen LogP contribution is -2.23. The summed E-state index contributed by atoms with van der Waals surface area (Å²) in [4.78, 5) is 32.9. The molecule has 0 unspecified atom stereocenters. The van der Waals surface area contributed by atoms with Gasteiger partial charge in [0.05, 0.1) is 12.0 Å². The van der Waals surface area contributed by atoms with E-state index in [0.717, 1.165) is 40.4 Å². The highest BCUT2D eigenvalue weighted by Gasteiger charge is 2.24. The minimum Gasteiger partial charge on any atom is -0.460 e. The Morgan fingerprint density at radius 2 is 2.06 bits per heavy atom. The average Bonchev–Trinajstić information content (AvgIpc) is 3.36. The first-order valence-electron chi connectivity index (χ1n) is 11.0. The molecular formula is C24H24N2O4S2. The van der Waals surface area contributed by atoms with Crippen molar-refractivity contribution >= 4 is 50.3 Å². The number of aryl methyl sites for hydroxylation is 2. The molecule has 32 heavy (non-hydrogen) atoms. The second-order valence-electron chi connectivity index (χ2n) is 7.75. The normalized spacial score (nSPS) is 13.6. The quantitative estimate of drug-likeness (QED) is 0.209. The van der Waals surface area contributed by atoms with Gasteiger partial charge >= 0.3 is 5.97 Å². The summed E-state index contributed by atoms with van der Waals surface area (Å²) in [5.41, 5.74) is 2.67. The number of hydrogen-bond acceptors (Lipinski definition) is 7. The topological polar surface area (TPSA) is 74.3 Å². The summed E-state index contributed by atoms with van der Waals surface area (Å²) in [6.07, 6.45) is 4.30. The second-order valence-corrected chi connectivity index (χ2v) is 9.78. The molecule has 1 aliphatic rings. The van der Waals surface area contributed by atoms with Gasteiger partial charge in [-0.15, -0.1) is 11.3 Å². The van der Waals surface area contributed by atoms with Crippen molar-refractivity contribution in [2.75, 3.05) is 6.61 Å². The molecule has 0 amide bonds. The van der Waals surface area contributed by atoms with E-state index in [9.17, 15) is 9.59 Å². The molecule has 3 aromatic heterocycles. The summed E-state index contributed by atoms with van der Waals surface area (Å²) in [5, 5.41) is 2.35. The van der Waals surface area contributed by atoms with Crippen LogP contribution in [0, 0.1) is 0 Å². The summed E-state index contributed by atoms with van der Waals surface area (Å²) in [7, 11) is 0. The molecule has 5 rings (SSSR count). The van der Waals surface area contributed by atoms with E-state index in [1.54, 1.807) is 22.8 Å². The molecule has 0 atom stereocenters. The number of esters is 1. The van der Waals surface area contributed by atoms with Gasteiger partial charge in [-0.3, -0.25) is 9.36 Å². The van der Waals surface area contributed by atoms with E-state index >= 15 is 0 Å². The van der Waals surface area contributed by atoms with Crippen LogP contribution >= 0.6 is 23.1 Å². The number of carbonyl (C=O) groups is 1. The van der Waals surface area contributed by atoms with Crippen molar-refractivity contribution in [1.82, 2.24) is 9.55 Å². The standard InChI is InChI=1S/C24H24N2O4S2/c1-3-26-22(27)19-15-10-6-8-12-18(15)32-21(19)25-24(26)31-13-16-14-9-5-7-11-17(14)30-20(16)23(28)29-4-2/h5,7,9,11H,3-4,6,8,10,12-13H2,1-2H3. The molecule has 0 aliphatic heterocycles. The zero-order valence-electron chi connectivity index (χ0n) is 18.1. The van der Waals surface area contributed by atoms with Crippen LogP contribution in [-0.2, 0) is 29.9 Å². The molecule has 0 radical (unpaired) electrons. The van der Waals surface area contributed by atoms with Gasteiger partial charge in [-0.25, -0.2) is 9.78 Å². The maximum Gasteiger partial charge on any atom is 0.374 e. The first-order chi connectivity index (χ1) is 15.6. The fraction of sp³-hybridized carbons (Fsp3) is 0.375. The van der Waals surface area contributed by atoms with Crippen LogP contribution in [-0.4, -0.2) is 22.1 Å². The third-order valence-electron chi connectivity index (χ3n) is 5.86. The van der Waals surface area contributed by atoms with Gasteiger partial charge in [0.1, 0.15) is 10.4 Å². The van der Waals surface area contributed by atoms with E-state index in [0.29, 0.717) is 23.0 Å². The highest BCUT2D eigenvalue weighted by molar-refractivity contribution is 7.98. The number of rotatable bonds is 6. The molecule has 0 saturated carbocycles. The Balaban J connectivity index is 1.56. The van der Waals surface area contributed by atoms with Gasteiger partial charge in [0, 0.05) is 28.1 Å². The van der Waals surface area contributed by atoms with Gasteiger partial charge in [0.2, 0.25) is 5.76 Å². The van der Waals surface area contributed by atoms with Crippen molar-refractivity contribution in [2.45, 2.75) is 57.0 Å². The number of thioether (sulfide) groups is 1. The Morgan fingerprint density at radius 3 is 2.88 bits per heavy atom. The van der Waals surface area contributed by atoms with E-state index in [1.165, 1.54) is 28.6 Å². The predicted molar refractivity (Wildman–Crippen MR) is 128 cm³/mol. The van der Waals surface area contributed by atoms with Crippen LogP contribution < -0.4 is 5.56 Å². The van der Waals surface area contributed by atoms with Crippen molar-refractivity contribution in [1.29, 1.82) is 0 Å². The molecule has 8 heteroatoms. The van der Waals surface area contributed by atoms with Crippen LogP contribution in [0.1, 0.15) is 53.2 Å². The number of hydrogen-bond donors (Lipinski definition) is 0. The Labute approximate surface area is 193 Å². The smallest absolute Gasteiger partial charge is 0.374 e. The minimum atomic E-state index is -0.471. The highest BCUT2D eigenvalue weighted by Crippen LogP contribution is 2.36. The lowest BCUT2D eigenvalue weighted by molar-refractivity contribution is 0.0491. The third kappa shape index (κ3) is 3.55. The number of ether oxygens (including phenoxy) is 1. The maximum absolute atomic E-state index is 13.4. The molecule has 0 bridgehead atoms. The first-order valence-corrected chi connectivity index (χ1v) is 12.8. The van der Waals surface area contributed by atoms with Crippen LogP contribution in [0.4, 0.5) is 0 Å². The summed E-state index contributed by atoms with van der Waals surface area (Å²) in [6.45, 7) is 4.56. The van der Waals surface area contributed by atoms with Crippen LogP contribution in [0.3, 0.4) is 0 Å². The molecule has 0 saturated heterocycles. The monoisotopic (exact) mass is 468 g/mol. The van der Waals surface area contributed by atoms with Gasteiger partial charge in [-0.1, -0.05) is 30.0 Å². The molecule has 4 aromatic rings. The largest absolute Gasteiger partial charge is 0.460 e. The molecule has 3 heterocycles. The van der Waals surface area contributed by atoms with E-state index in [1.807, 2.05) is 31.2 Å². The molecule has 166 valence electrons. The fourth-order valence-electron chi connectivity index (χ4n) is 4.35. The van der Waals surface area contributed by atoms with Gasteiger partial charge in [0.25, 0.3) is 5.56 Å². The number of fused-ring (bicyclic) bond motifs is 4. The van der Waals surface area contributed by atoms with Crippen LogP contribution in [0.25, 0.3) is 21.2 Å². The summed E-state index contributed by atoms with van der Waals surface area (Å²) < 4.78 is 12.8. The number of thiophene rings is 1. The molecule has 1 aliphatic carbocycles. The van der Waals surface area contributed by atoms with Crippen molar-refractivity contribution < 1.29 is 13.9 Å². The number of aromatic nitrogens is 2. The van der Waals surface area contributed by atoms with E-state index in [4.69, 9.17) is 14.1 Å². The third-order valence-corrected chi connectivity index (χ3v) is 8.05. The zero-order valence-corrected chi connectivity index (χ0v) is 19.7. The van der Waals surface area contributed by atoms with Gasteiger partial charge in [0.15, 0.2) is 5.16 Å². The molecule has 0 fully saturated rings. The lowest BCUT2D eigenvalue weighted by Gasteiger charge is -2.12. The number of carbonyl (C=O) groups excluding carboxylic acids is 1. The van der Waals surface area contributed by atoms with Crippen molar-refractivity contribution in [3.8, 4) is 0 Å². The van der Waals surface area contributed by atoms with Crippen molar-refractivity contribution in [3.05, 3.63) is 56.4 Å². The summed E-state index contributed by atoms with van der Waals surface area (Å²) >= 11 is 3.12. The molecule has 6 nitrogen and oxygen atoms in total. The summed E-state index contributed by atoms with van der Waals surface area (Å²) in [5.74, 6) is 0.203. The Hall–Kier alpha value is -2.58. The van der Waals surface area contributed by atoms with E-state index < -0.39 is 5.97 Å². The Kier molecular flexibility index (Phi) is 5.82. The minimum absolute atomic E-state index is 0.0436. The SMILES string of the molecule is CCOC(=O)c1oc2ccccc2c1CSc1nc2sc3c(c2c(=O)n1CC)CCCC3. The van der Waals surface area contributed by atoms with Crippen molar-refractivity contribution in [3.63, 3.8) is 0 Å². The molecule has 0 N–H and O–H groups in total. The second kappa shape index (κ2) is 8.75. The summed E-state index contributed by atoms with van der Waals surface area (Å²) in [6, 6.07) is 7.58. The maximum atomic E-state index is 13.4. The number of furan rings is 1. The lowest BCUT2D eigenvalue weighted by atomic mass is 9.97. The van der Waals surface area contributed by atoms with Gasteiger partial charge < -0.3 is 9.15 Å². The van der Waals surface area contributed by atoms with Crippen LogP contribution in [0.2, 0.25) is 0 Å². The molecule has 0 spiro atoms. The fourth-order valence-corrected chi connectivity index (χ4v) is 6.74. The van der Waals surface area contributed by atoms with E-state index in [-0.39, 0.29) is 17.9 Å². The molecular weight excluding hydrogens is 444 g/mol. The number of benzene rings is 1. The Morgan fingerprint density at radius 1 is 1.25 bits per heavy atom. The number of nitrogens with zero attached hydrogens (tertiary/aromatic N) is 2. The van der Waals surface area contributed by atoms with Crippen molar-refractivity contribution in [2.24, 2.45) is 0 Å². The number of para-hydroxylation sites is 1. The van der Waals surface area contributed by atoms with E-state index in [2.05, 4.69) is 0 Å².